The van der Waals surface area contributed by atoms with Gasteiger partial charge in [0.05, 0.1) is 0 Å². The average Bonchev–Trinajstić information content (AvgIpc) is 2.16. The molecule has 4 N–H and O–H groups in total. The number of aryl methyl sites for hydroxylation is 1. The van der Waals surface area contributed by atoms with Gasteiger partial charge in [-0.05, 0) is 6.92 Å². The molecule has 0 aliphatic heterocycles. The SMILES string of the molecule is Cc1nc2nc(NN)ncc2c(=O)[nH]1. The second-order valence-corrected chi connectivity index (χ2v) is 2.73. The summed E-state index contributed by atoms with van der Waals surface area (Å²) < 4.78 is 0. The molecule has 2 aromatic heterocycles. The van der Waals surface area contributed by atoms with Gasteiger partial charge in [-0.2, -0.15) is 4.98 Å². The molecule has 0 bridgehead atoms. The standard InChI is InChI=1S/C7H8N6O/c1-3-10-5-4(6(14)11-3)2-9-7(12-5)13-8/h2H,8H2,1H3,(H2,9,10,11,12,13,14). The lowest BCUT2D eigenvalue weighted by molar-refractivity contribution is 1.03. The van der Waals surface area contributed by atoms with Crippen molar-refractivity contribution in [3.8, 4) is 0 Å². The van der Waals surface area contributed by atoms with Crippen LogP contribution >= 0.6 is 0 Å². The third-order valence-corrected chi connectivity index (χ3v) is 1.71. The first kappa shape index (κ1) is 8.57. The molecule has 7 nitrogen and oxygen atoms in total. The highest BCUT2D eigenvalue weighted by molar-refractivity contribution is 5.73. The molecule has 2 heterocycles. The quantitative estimate of drug-likeness (QED) is 0.407. The fourth-order valence-electron chi connectivity index (χ4n) is 1.11. The third-order valence-electron chi connectivity index (χ3n) is 1.71. The molecular formula is C7H8N6O. The summed E-state index contributed by atoms with van der Waals surface area (Å²) in [5, 5.41) is 0.342. The minimum atomic E-state index is -0.254. The van der Waals surface area contributed by atoms with Gasteiger partial charge in [-0.1, -0.05) is 0 Å². The van der Waals surface area contributed by atoms with E-state index < -0.39 is 0 Å². The van der Waals surface area contributed by atoms with Crippen molar-refractivity contribution < 1.29 is 0 Å². The largest absolute Gasteiger partial charge is 0.310 e. The van der Waals surface area contributed by atoms with Gasteiger partial charge in [-0.15, -0.1) is 0 Å². The number of hydrogen-bond acceptors (Lipinski definition) is 6. The molecule has 7 heteroatoms. The number of nitrogens with two attached hydrogens (primary N) is 1. The fourth-order valence-corrected chi connectivity index (χ4v) is 1.11. The molecule has 0 amide bonds. The van der Waals surface area contributed by atoms with E-state index in [4.69, 9.17) is 5.84 Å². The van der Waals surface area contributed by atoms with Crippen LogP contribution in [0, 0.1) is 6.92 Å². The fraction of sp³-hybridized carbons (Fsp3) is 0.143. The van der Waals surface area contributed by atoms with Crippen molar-refractivity contribution in [2.75, 3.05) is 5.43 Å². The van der Waals surface area contributed by atoms with Crippen molar-refractivity contribution in [1.82, 2.24) is 19.9 Å². The molecule has 0 atom stereocenters. The van der Waals surface area contributed by atoms with Gasteiger partial charge in [0, 0.05) is 6.20 Å². The van der Waals surface area contributed by atoms with Crippen LogP contribution in [0.25, 0.3) is 11.0 Å². The normalized spacial score (nSPS) is 10.4. The van der Waals surface area contributed by atoms with Crippen LogP contribution in [-0.2, 0) is 0 Å². The van der Waals surface area contributed by atoms with Gasteiger partial charge in [-0.3, -0.25) is 10.2 Å². The van der Waals surface area contributed by atoms with Crippen molar-refractivity contribution in [3.63, 3.8) is 0 Å². The molecular weight excluding hydrogens is 184 g/mol. The number of hydrazine groups is 1. The van der Waals surface area contributed by atoms with E-state index in [-0.39, 0.29) is 11.5 Å². The number of anilines is 1. The summed E-state index contributed by atoms with van der Waals surface area (Å²) in [7, 11) is 0. The number of hydrogen-bond donors (Lipinski definition) is 3. The highest BCUT2D eigenvalue weighted by Gasteiger charge is 2.04. The predicted octanol–water partition coefficient (Wildman–Crippen LogP) is -0.693. The maximum Gasteiger partial charge on any atom is 0.261 e. The van der Waals surface area contributed by atoms with Crippen LogP contribution in [0.15, 0.2) is 11.0 Å². The zero-order valence-corrected chi connectivity index (χ0v) is 7.40. The minimum absolute atomic E-state index is 0.231. The van der Waals surface area contributed by atoms with E-state index in [9.17, 15) is 4.79 Å². The van der Waals surface area contributed by atoms with Gasteiger partial charge in [0.1, 0.15) is 11.2 Å². The Kier molecular flexibility index (Phi) is 1.86. The molecule has 0 fully saturated rings. The Morgan fingerprint density at radius 1 is 1.50 bits per heavy atom. The number of aromatic amines is 1. The van der Waals surface area contributed by atoms with Crippen molar-refractivity contribution in [2.45, 2.75) is 6.92 Å². The van der Waals surface area contributed by atoms with Gasteiger partial charge in [0.25, 0.3) is 5.56 Å². The summed E-state index contributed by atoms with van der Waals surface area (Å²) in [5.74, 6) is 5.86. The Bertz CT molecular complexity index is 533. The highest BCUT2D eigenvalue weighted by Crippen LogP contribution is 2.04. The summed E-state index contributed by atoms with van der Waals surface area (Å²) in [6.07, 6.45) is 1.38. The van der Waals surface area contributed by atoms with Crippen LogP contribution in [0.1, 0.15) is 5.82 Å². The molecule has 2 aromatic rings. The molecule has 0 spiro atoms. The lowest BCUT2D eigenvalue weighted by atomic mass is 10.4. The first-order valence-electron chi connectivity index (χ1n) is 3.91. The number of nitrogens with one attached hydrogen (secondary N) is 2. The number of nitrogen functional groups attached to an aromatic ring is 1. The molecule has 14 heavy (non-hydrogen) atoms. The smallest absolute Gasteiger partial charge is 0.261 e. The van der Waals surface area contributed by atoms with E-state index in [1.54, 1.807) is 6.92 Å². The van der Waals surface area contributed by atoms with E-state index in [1.165, 1.54) is 6.20 Å². The first-order chi connectivity index (χ1) is 6.70. The Balaban J connectivity index is 2.82. The van der Waals surface area contributed by atoms with Crippen LogP contribution in [-0.4, -0.2) is 19.9 Å². The monoisotopic (exact) mass is 192 g/mol. The average molecular weight is 192 g/mol. The Labute approximate surface area is 78.4 Å². The van der Waals surface area contributed by atoms with Crippen molar-refractivity contribution in [1.29, 1.82) is 0 Å². The molecule has 0 unspecified atom stereocenters. The second kappa shape index (κ2) is 3.04. The van der Waals surface area contributed by atoms with Crippen LogP contribution in [0.5, 0.6) is 0 Å². The molecule has 0 saturated heterocycles. The molecule has 0 aliphatic carbocycles. The van der Waals surface area contributed by atoms with E-state index >= 15 is 0 Å². The van der Waals surface area contributed by atoms with Crippen LogP contribution in [0.4, 0.5) is 5.95 Å². The van der Waals surface area contributed by atoms with E-state index in [1.807, 2.05) is 0 Å². The molecule has 2 rings (SSSR count). The summed E-state index contributed by atoms with van der Waals surface area (Å²) >= 11 is 0. The van der Waals surface area contributed by atoms with Crippen molar-refractivity contribution >= 4 is 17.0 Å². The van der Waals surface area contributed by atoms with E-state index in [2.05, 4.69) is 25.4 Å². The topological polar surface area (TPSA) is 110 Å². The number of H-pyrrole nitrogens is 1. The maximum atomic E-state index is 11.4. The second-order valence-electron chi connectivity index (χ2n) is 2.73. The molecule has 72 valence electrons. The number of nitrogens with zero attached hydrogens (tertiary/aromatic N) is 3. The van der Waals surface area contributed by atoms with Gasteiger partial charge < -0.3 is 4.98 Å². The lowest BCUT2D eigenvalue weighted by Gasteiger charge is -1.99. The molecule has 0 aliphatic rings. The summed E-state index contributed by atoms with van der Waals surface area (Å²) in [6.45, 7) is 1.68. The van der Waals surface area contributed by atoms with Crippen LogP contribution in [0.2, 0.25) is 0 Å². The van der Waals surface area contributed by atoms with Gasteiger partial charge in [0.2, 0.25) is 5.95 Å². The number of aromatic nitrogens is 4. The minimum Gasteiger partial charge on any atom is -0.310 e. The predicted molar refractivity (Wildman–Crippen MR) is 50.5 cm³/mol. The molecule has 0 saturated carbocycles. The number of fused-ring (bicyclic) bond motifs is 1. The zero-order valence-electron chi connectivity index (χ0n) is 7.40. The van der Waals surface area contributed by atoms with E-state index in [0.717, 1.165) is 0 Å². The maximum absolute atomic E-state index is 11.4. The Hall–Kier alpha value is -2.02. The van der Waals surface area contributed by atoms with Gasteiger partial charge >= 0.3 is 0 Å². The zero-order chi connectivity index (χ0) is 10.1. The lowest BCUT2D eigenvalue weighted by Crippen LogP contribution is -2.14. The van der Waals surface area contributed by atoms with Crippen molar-refractivity contribution in [3.05, 3.63) is 22.4 Å². The Morgan fingerprint density at radius 2 is 2.29 bits per heavy atom. The van der Waals surface area contributed by atoms with Crippen molar-refractivity contribution in [2.24, 2.45) is 5.84 Å². The highest BCUT2D eigenvalue weighted by atomic mass is 16.1. The summed E-state index contributed by atoms with van der Waals surface area (Å²) in [6, 6.07) is 0. The molecule has 0 radical (unpaired) electrons. The van der Waals surface area contributed by atoms with Gasteiger partial charge in [0.15, 0.2) is 5.65 Å². The van der Waals surface area contributed by atoms with Crippen LogP contribution < -0.4 is 16.8 Å². The third kappa shape index (κ3) is 1.29. The summed E-state index contributed by atoms with van der Waals surface area (Å²) in [5.41, 5.74) is 2.36. The van der Waals surface area contributed by atoms with Crippen LogP contribution in [0.3, 0.4) is 0 Å². The number of rotatable bonds is 1. The van der Waals surface area contributed by atoms with E-state index in [0.29, 0.717) is 16.9 Å². The van der Waals surface area contributed by atoms with Gasteiger partial charge in [-0.25, -0.2) is 15.8 Å². The molecule has 0 aromatic carbocycles. The summed E-state index contributed by atoms with van der Waals surface area (Å²) in [4.78, 5) is 25.7. The first-order valence-corrected chi connectivity index (χ1v) is 3.91. The Morgan fingerprint density at radius 3 is 3.00 bits per heavy atom.